The molecule has 0 N–H and O–H groups in total. The molecule has 8 heteroatoms. The normalized spacial score (nSPS) is 12.3. The first-order valence-electron chi connectivity index (χ1n) is 7.02. The number of aryl methyl sites for hydroxylation is 2. The topological polar surface area (TPSA) is 74.0 Å². The van der Waals surface area contributed by atoms with Crippen molar-refractivity contribution in [2.24, 2.45) is 7.05 Å². The molecule has 0 radical (unpaired) electrons. The average molecular weight is 347 g/mol. The summed E-state index contributed by atoms with van der Waals surface area (Å²) in [4.78, 5) is 14.4. The van der Waals surface area contributed by atoms with Crippen molar-refractivity contribution in [1.82, 2.24) is 13.5 Å². The third-order valence-corrected chi connectivity index (χ3v) is 5.20. The smallest absolute Gasteiger partial charge is 0.301 e. The van der Waals surface area contributed by atoms with Crippen molar-refractivity contribution < 1.29 is 17.6 Å². The van der Waals surface area contributed by atoms with Gasteiger partial charge in [-0.05, 0) is 42.3 Å². The molecule has 0 spiro atoms. The number of halogens is 1. The Morgan fingerprint density at radius 3 is 2.75 bits per heavy atom. The van der Waals surface area contributed by atoms with Gasteiger partial charge in [-0.3, -0.25) is 4.79 Å². The molecule has 0 amide bonds. The number of carbonyl (C=O) groups is 1. The minimum atomic E-state index is -3.99. The summed E-state index contributed by atoms with van der Waals surface area (Å²) in [7, 11) is -2.53. The standard InChI is InChI=1S/C16H14FN3O3S/c1-11-8-13(17)15-14(9-11)18-16(19(15)2)24(22,23)20-6-5-12(10-20)4-3-7-21/h3-10H,1-2H3/b4-3+. The van der Waals surface area contributed by atoms with Crippen molar-refractivity contribution in [3.05, 3.63) is 53.6 Å². The van der Waals surface area contributed by atoms with E-state index in [4.69, 9.17) is 0 Å². The molecule has 3 rings (SSSR count). The molecule has 24 heavy (non-hydrogen) atoms. The Labute approximate surface area is 137 Å². The van der Waals surface area contributed by atoms with Gasteiger partial charge in [0, 0.05) is 19.4 Å². The quantitative estimate of drug-likeness (QED) is 0.536. The number of benzene rings is 1. The zero-order valence-electron chi connectivity index (χ0n) is 13.0. The number of fused-ring (bicyclic) bond motifs is 1. The highest BCUT2D eigenvalue weighted by Gasteiger charge is 2.25. The van der Waals surface area contributed by atoms with Gasteiger partial charge in [0.1, 0.15) is 17.6 Å². The Kier molecular flexibility index (Phi) is 3.84. The van der Waals surface area contributed by atoms with Gasteiger partial charge < -0.3 is 4.57 Å². The summed E-state index contributed by atoms with van der Waals surface area (Å²) in [6.45, 7) is 1.71. The molecule has 0 saturated heterocycles. The van der Waals surface area contributed by atoms with Crippen LogP contribution in [-0.4, -0.2) is 28.2 Å². The molecular weight excluding hydrogens is 333 g/mol. The maximum Gasteiger partial charge on any atom is 0.301 e. The van der Waals surface area contributed by atoms with Gasteiger partial charge in [0.05, 0.1) is 5.52 Å². The first-order valence-corrected chi connectivity index (χ1v) is 8.46. The Morgan fingerprint density at radius 2 is 2.04 bits per heavy atom. The first-order chi connectivity index (χ1) is 11.3. The predicted molar refractivity (Wildman–Crippen MR) is 87.5 cm³/mol. The highest BCUT2D eigenvalue weighted by molar-refractivity contribution is 7.89. The molecule has 0 aliphatic rings. The third-order valence-electron chi connectivity index (χ3n) is 3.59. The number of imidazole rings is 1. The summed E-state index contributed by atoms with van der Waals surface area (Å²) >= 11 is 0. The number of allylic oxidation sites excluding steroid dienone is 1. The molecule has 3 aromatic rings. The highest BCUT2D eigenvalue weighted by atomic mass is 32.2. The summed E-state index contributed by atoms with van der Waals surface area (Å²) in [5, 5.41) is -0.261. The highest BCUT2D eigenvalue weighted by Crippen LogP contribution is 2.24. The zero-order chi connectivity index (χ0) is 17.5. The summed E-state index contributed by atoms with van der Waals surface area (Å²) < 4.78 is 41.9. The SMILES string of the molecule is Cc1cc(F)c2c(c1)nc(S(=O)(=O)n1ccc(/C=C/C=O)c1)n2C. The van der Waals surface area contributed by atoms with E-state index in [2.05, 4.69) is 4.98 Å². The van der Waals surface area contributed by atoms with Crippen LogP contribution >= 0.6 is 0 Å². The van der Waals surface area contributed by atoms with E-state index >= 15 is 0 Å². The minimum Gasteiger partial charge on any atom is -0.314 e. The van der Waals surface area contributed by atoms with Crippen molar-refractivity contribution >= 4 is 33.4 Å². The van der Waals surface area contributed by atoms with E-state index in [1.165, 1.54) is 42.2 Å². The molecule has 2 heterocycles. The van der Waals surface area contributed by atoms with E-state index in [0.717, 1.165) is 3.97 Å². The largest absolute Gasteiger partial charge is 0.314 e. The number of nitrogens with zero attached hydrogens (tertiary/aromatic N) is 3. The third kappa shape index (κ3) is 2.54. The second-order valence-electron chi connectivity index (χ2n) is 5.34. The minimum absolute atomic E-state index is 0.132. The second kappa shape index (κ2) is 5.72. The van der Waals surface area contributed by atoms with Crippen LogP contribution in [-0.2, 0) is 21.9 Å². The number of aldehydes is 1. The lowest BCUT2D eigenvalue weighted by molar-refractivity contribution is -0.104. The molecule has 1 aromatic carbocycles. The number of carbonyl (C=O) groups excluding carboxylic acids is 1. The molecule has 0 fully saturated rings. The first kappa shape index (κ1) is 16.1. The maximum atomic E-state index is 14.2. The van der Waals surface area contributed by atoms with Gasteiger partial charge in [-0.25, -0.2) is 13.3 Å². The van der Waals surface area contributed by atoms with Gasteiger partial charge in [-0.15, -0.1) is 0 Å². The van der Waals surface area contributed by atoms with E-state index in [0.29, 0.717) is 17.4 Å². The number of hydrogen-bond acceptors (Lipinski definition) is 4. The van der Waals surface area contributed by atoms with E-state index in [9.17, 15) is 17.6 Å². The number of rotatable bonds is 4. The van der Waals surface area contributed by atoms with Crippen molar-refractivity contribution in [3.63, 3.8) is 0 Å². The van der Waals surface area contributed by atoms with E-state index in [-0.39, 0.29) is 16.2 Å². The summed E-state index contributed by atoms with van der Waals surface area (Å²) in [5.41, 5.74) is 1.62. The van der Waals surface area contributed by atoms with Crippen LogP contribution in [0.3, 0.4) is 0 Å². The van der Waals surface area contributed by atoms with Crippen LogP contribution in [0.15, 0.2) is 41.8 Å². The van der Waals surface area contributed by atoms with Gasteiger partial charge >= 0.3 is 10.0 Å². The lowest BCUT2D eigenvalue weighted by Crippen LogP contribution is -2.15. The summed E-state index contributed by atoms with van der Waals surface area (Å²) in [6, 6.07) is 4.51. The van der Waals surface area contributed by atoms with Crippen LogP contribution in [0.5, 0.6) is 0 Å². The average Bonchev–Trinajstić information content (AvgIpc) is 3.10. The van der Waals surface area contributed by atoms with Crippen molar-refractivity contribution in [3.8, 4) is 0 Å². The van der Waals surface area contributed by atoms with Crippen LogP contribution in [0.4, 0.5) is 4.39 Å². The Morgan fingerprint density at radius 1 is 1.29 bits per heavy atom. The van der Waals surface area contributed by atoms with Gasteiger partial charge in [-0.1, -0.05) is 6.08 Å². The number of aromatic nitrogens is 3. The van der Waals surface area contributed by atoms with Crippen LogP contribution in [0.2, 0.25) is 0 Å². The molecule has 0 bridgehead atoms. The second-order valence-corrected chi connectivity index (χ2v) is 7.08. The number of hydrogen-bond donors (Lipinski definition) is 0. The monoisotopic (exact) mass is 347 g/mol. The van der Waals surface area contributed by atoms with Crippen LogP contribution in [0.1, 0.15) is 11.1 Å². The van der Waals surface area contributed by atoms with Crippen molar-refractivity contribution in [2.75, 3.05) is 0 Å². The molecule has 124 valence electrons. The molecule has 0 aliphatic heterocycles. The molecule has 0 unspecified atom stereocenters. The van der Waals surface area contributed by atoms with E-state index in [1.54, 1.807) is 19.1 Å². The van der Waals surface area contributed by atoms with Crippen LogP contribution in [0.25, 0.3) is 17.1 Å². The van der Waals surface area contributed by atoms with Gasteiger partial charge in [-0.2, -0.15) is 8.42 Å². The van der Waals surface area contributed by atoms with Crippen molar-refractivity contribution in [2.45, 2.75) is 12.1 Å². The predicted octanol–water partition coefficient (Wildman–Crippen LogP) is 2.27. The van der Waals surface area contributed by atoms with Crippen LogP contribution < -0.4 is 0 Å². The lowest BCUT2D eigenvalue weighted by Gasteiger charge is -2.05. The van der Waals surface area contributed by atoms with Gasteiger partial charge in [0.25, 0.3) is 0 Å². The van der Waals surface area contributed by atoms with Gasteiger partial charge in [0.2, 0.25) is 5.16 Å². The lowest BCUT2D eigenvalue weighted by atomic mass is 10.2. The summed E-state index contributed by atoms with van der Waals surface area (Å²) in [6.07, 6.45) is 6.05. The van der Waals surface area contributed by atoms with E-state index < -0.39 is 15.8 Å². The summed E-state index contributed by atoms with van der Waals surface area (Å²) in [5.74, 6) is -0.524. The van der Waals surface area contributed by atoms with Gasteiger partial charge in [0.15, 0.2) is 0 Å². The molecule has 2 aromatic heterocycles. The van der Waals surface area contributed by atoms with Crippen LogP contribution in [0, 0.1) is 12.7 Å². The fraction of sp³-hybridized carbons (Fsp3) is 0.125. The Hall–Kier alpha value is -2.74. The van der Waals surface area contributed by atoms with E-state index in [1.807, 2.05) is 0 Å². The maximum absolute atomic E-state index is 14.2. The fourth-order valence-corrected chi connectivity index (χ4v) is 3.84. The Balaban J connectivity index is 2.17. The Bertz CT molecular complexity index is 1080. The molecule has 0 atom stereocenters. The molecule has 6 nitrogen and oxygen atoms in total. The molecular formula is C16H14FN3O3S. The molecule has 0 saturated carbocycles. The molecule has 0 aliphatic carbocycles. The zero-order valence-corrected chi connectivity index (χ0v) is 13.8. The van der Waals surface area contributed by atoms with Crippen molar-refractivity contribution in [1.29, 1.82) is 0 Å². The fourth-order valence-electron chi connectivity index (χ4n) is 2.52.